The molecular weight excluding hydrogens is 743 g/mol. The van der Waals surface area contributed by atoms with Crippen LogP contribution in [0.25, 0.3) is 95.7 Å². The van der Waals surface area contributed by atoms with Gasteiger partial charge in [0.2, 0.25) is 0 Å². The highest BCUT2D eigenvalue weighted by atomic mass is 32.1. The van der Waals surface area contributed by atoms with Gasteiger partial charge in [-0.3, -0.25) is 0 Å². The zero-order chi connectivity index (χ0) is 38.2. The molecular formula is C54H33NOS2. The first-order chi connectivity index (χ1) is 28.8. The SMILES string of the molecule is c1ccc(-c2ccc3c(c2)oc2c(-c4ccccc4)ccc(N(c4ccc5sc6ccccc6c5c4)c4c(-c5ccccc5)ccc5sc6ccccc6c45)c23)cc1. The lowest BCUT2D eigenvalue weighted by Gasteiger charge is -2.30. The molecule has 0 saturated carbocycles. The maximum absolute atomic E-state index is 7.11. The van der Waals surface area contributed by atoms with Crippen molar-refractivity contribution in [1.29, 1.82) is 0 Å². The normalized spacial score (nSPS) is 11.8. The summed E-state index contributed by atoms with van der Waals surface area (Å²) in [5, 5.41) is 7.20. The largest absolute Gasteiger partial charge is 0.455 e. The Hall–Kier alpha value is -6.98. The van der Waals surface area contributed by atoms with Gasteiger partial charge in [-0.2, -0.15) is 0 Å². The standard InChI is InChI=1S/C54H33NOS2/c1-4-14-34(15-5-1)37-24-26-42-46(32-37)56-54-40(36-18-8-3-9-19-36)27-29-45(51(42)54)55(38-25-30-49-44(33-38)41-20-10-12-22-47(41)57-49)53-39(35-16-6-2-7-17-35)28-31-50-52(53)43-21-11-13-23-48(43)58-50/h1-33H. The summed E-state index contributed by atoms with van der Waals surface area (Å²) >= 11 is 3.71. The molecule has 0 unspecified atom stereocenters. The van der Waals surface area contributed by atoms with E-state index in [1.807, 2.05) is 22.7 Å². The van der Waals surface area contributed by atoms with E-state index in [2.05, 4.69) is 205 Å². The van der Waals surface area contributed by atoms with E-state index in [1.165, 1.54) is 51.5 Å². The molecule has 0 atom stereocenters. The second-order valence-corrected chi connectivity index (χ2v) is 17.0. The number of fused-ring (bicyclic) bond motifs is 9. The maximum Gasteiger partial charge on any atom is 0.145 e. The Morgan fingerprint density at radius 3 is 1.71 bits per heavy atom. The van der Waals surface area contributed by atoms with Gasteiger partial charge in [0.1, 0.15) is 11.2 Å². The van der Waals surface area contributed by atoms with Crippen LogP contribution >= 0.6 is 22.7 Å². The Bertz CT molecular complexity index is 3510. The molecule has 272 valence electrons. The quantitative estimate of drug-likeness (QED) is 0.167. The van der Waals surface area contributed by atoms with Crippen molar-refractivity contribution in [2.45, 2.75) is 0 Å². The molecule has 0 aliphatic heterocycles. The molecule has 12 rings (SSSR count). The third-order valence-electron chi connectivity index (χ3n) is 11.5. The van der Waals surface area contributed by atoms with Crippen molar-refractivity contribution < 1.29 is 4.42 Å². The molecule has 0 radical (unpaired) electrons. The smallest absolute Gasteiger partial charge is 0.145 e. The summed E-state index contributed by atoms with van der Waals surface area (Å²) < 4.78 is 12.2. The second kappa shape index (κ2) is 13.3. The fourth-order valence-electron chi connectivity index (χ4n) is 8.83. The molecule has 0 bridgehead atoms. The Kier molecular flexibility index (Phi) is 7.62. The first-order valence-electron chi connectivity index (χ1n) is 19.6. The summed E-state index contributed by atoms with van der Waals surface area (Å²) in [7, 11) is 0. The lowest BCUT2D eigenvalue weighted by atomic mass is 9.95. The van der Waals surface area contributed by atoms with E-state index in [0.29, 0.717) is 0 Å². The third kappa shape index (κ3) is 5.23. The van der Waals surface area contributed by atoms with Crippen LogP contribution in [0.5, 0.6) is 0 Å². The van der Waals surface area contributed by atoms with Crippen molar-refractivity contribution in [3.05, 3.63) is 200 Å². The third-order valence-corrected chi connectivity index (χ3v) is 13.8. The van der Waals surface area contributed by atoms with Crippen LogP contribution in [0.1, 0.15) is 0 Å². The minimum Gasteiger partial charge on any atom is -0.455 e. The van der Waals surface area contributed by atoms with Crippen molar-refractivity contribution in [1.82, 2.24) is 0 Å². The zero-order valence-corrected chi connectivity index (χ0v) is 32.9. The lowest BCUT2D eigenvalue weighted by molar-refractivity contribution is 0.670. The molecule has 0 amide bonds. The first-order valence-corrected chi connectivity index (χ1v) is 21.2. The molecule has 9 aromatic carbocycles. The van der Waals surface area contributed by atoms with Crippen LogP contribution in [0, 0.1) is 0 Å². The number of thiophene rings is 2. The molecule has 0 spiro atoms. The van der Waals surface area contributed by atoms with E-state index in [9.17, 15) is 0 Å². The van der Waals surface area contributed by atoms with E-state index in [1.54, 1.807) is 0 Å². The highest BCUT2D eigenvalue weighted by molar-refractivity contribution is 7.26. The van der Waals surface area contributed by atoms with Gasteiger partial charge >= 0.3 is 0 Å². The summed E-state index contributed by atoms with van der Waals surface area (Å²) in [6, 6.07) is 72.6. The molecule has 0 aliphatic rings. The van der Waals surface area contributed by atoms with Crippen molar-refractivity contribution in [2.24, 2.45) is 0 Å². The van der Waals surface area contributed by atoms with E-state index >= 15 is 0 Å². The van der Waals surface area contributed by atoms with Gasteiger partial charge in [-0.15, -0.1) is 22.7 Å². The molecule has 0 fully saturated rings. The van der Waals surface area contributed by atoms with Crippen LogP contribution in [-0.4, -0.2) is 0 Å². The van der Waals surface area contributed by atoms with Crippen molar-refractivity contribution in [3.8, 4) is 33.4 Å². The minimum atomic E-state index is 0.864. The predicted molar refractivity (Wildman–Crippen MR) is 250 cm³/mol. The summed E-state index contributed by atoms with van der Waals surface area (Å²) in [4.78, 5) is 2.53. The zero-order valence-electron chi connectivity index (χ0n) is 31.2. The summed E-state index contributed by atoms with van der Waals surface area (Å²) in [5.41, 5.74) is 11.9. The fourth-order valence-corrected chi connectivity index (χ4v) is 11.0. The van der Waals surface area contributed by atoms with E-state index in [0.717, 1.165) is 61.3 Å². The van der Waals surface area contributed by atoms with E-state index in [4.69, 9.17) is 4.42 Å². The molecule has 12 aromatic rings. The summed E-state index contributed by atoms with van der Waals surface area (Å²) in [6.45, 7) is 0. The number of hydrogen-bond donors (Lipinski definition) is 0. The van der Waals surface area contributed by atoms with Gasteiger partial charge in [-0.05, 0) is 82.9 Å². The van der Waals surface area contributed by atoms with Crippen LogP contribution in [0.4, 0.5) is 17.1 Å². The molecule has 2 nitrogen and oxygen atoms in total. The Morgan fingerprint density at radius 2 is 0.948 bits per heavy atom. The average Bonchev–Trinajstić information content (AvgIpc) is 3.99. The van der Waals surface area contributed by atoms with Crippen molar-refractivity contribution in [2.75, 3.05) is 4.90 Å². The molecule has 3 aromatic heterocycles. The van der Waals surface area contributed by atoms with Crippen LogP contribution < -0.4 is 4.90 Å². The highest BCUT2D eigenvalue weighted by Gasteiger charge is 2.27. The van der Waals surface area contributed by atoms with Gasteiger partial charge in [-0.25, -0.2) is 0 Å². The molecule has 58 heavy (non-hydrogen) atoms. The highest BCUT2D eigenvalue weighted by Crippen LogP contribution is 2.53. The minimum absolute atomic E-state index is 0.864. The van der Waals surface area contributed by atoms with Crippen LogP contribution in [0.2, 0.25) is 0 Å². The second-order valence-electron chi connectivity index (χ2n) is 14.8. The van der Waals surface area contributed by atoms with Crippen LogP contribution in [0.15, 0.2) is 205 Å². The van der Waals surface area contributed by atoms with Crippen molar-refractivity contribution >= 4 is 102 Å². The van der Waals surface area contributed by atoms with Gasteiger partial charge in [-0.1, -0.05) is 140 Å². The number of anilines is 3. The molecule has 0 aliphatic carbocycles. The number of benzene rings is 9. The lowest BCUT2D eigenvalue weighted by Crippen LogP contribution is -2.12. The monoisotopic (exact) mass is 775 g/mol. The Morgan fingerprint density at radius 1 is 0.362 bits per heavy atom. The first kappa shape index (κ1) is 33.2. The van der Waals surface area contributed by atoms with Crippen molar-refractivity contribution in [3.63, 3.8) is 0 Å². The summed E-state index contributed by atoms with van der Waals surface area (Å²) in [6.07, 6.45) is 0. The topological polar surface area (TPSA) is 16.4 Å². The number of hydrogen-bond acceptors (Lipinski definition) is 4. The number of rotatable bonds is 6. The number of nitrogens with zero attached hydrogens (tertiary/aromatic N) is 1. The Labute approximate surface area is 343 Å². The van der Waals surface area contributed by atoms with Gasteiger partial charge < -0.3 is 9.32 Å². The molecule has 0 saturated heterocycles. The maximum atomic E-state index is 7.11. The summed E-state index contributed by atoms with van der Waals surface area (Å²) in [5.74, 6) is 0. The molecule has 0 N–H and O–H groups in total. The van der Waals surface area contributed by atoms with E-state index in [-0.39, 0.29) is 0 Å². The number of furan rings is 1. The molecule has 3 heterocycles. The van der Waals surface area contributed by atoms with Gasteiger partial charge in [0.05, 0.1) is 16.8 Å². The van der Waals surface area contributed by atoms with Gasteiger partial charge in [0.25, 0.3) is 0 Å². The van der Waals surface area contributed by atoms with Gasteiger partial charge in [0.15, 0.2) is 0 Å². The van der Waals surface area contributed by atoms with E-state index < -0.39 is 0 Å². The predicted octanol–water partition coefficient (Wildman–Crippen LogP) is 16.8. The van der Waals surface area contributed by atoms with Gasteiger partial charge in [0, 0.05) is 62.5 Å². The Balaban J connectivity index is 1.24. The average molecular weight is 776 g/mol. The molecule has 4 heteroatoms. The fraction of sp³-hybridized carbons (Fsp3) is 0. The van der Waals surface area contributed by atoms with Crippen LogP contribution in [0.3, 0.4) is 0 Å². The van der Waals surface area contributed by atoms with Crippen LogP contribution in [-0.2, 0) is 0 Å².